The number of amides is 1. The topological polar surface area (TPSA) is 45.2 Å². The molecule has 1 N–H and O–H groups in total. The van der Waals surface area contributed by atoms with Crippen molar-refractivity contribution in [1.82, 2.24) is 15.2 Å². The monoisotopic (exact) mass is 261 g/mol. The molecule has 2 rings (SSSR count). The van der Waals surface area contributed by atoms with Crippen molar-refractivity contribution in [2.45, 2.75) is 38.1 Å². The maximum atomic E-state index is 12.2. The lowest BCUT2D eigenvalue weighted by Crippen LogP contribution is -2.45. The number of hydrogen-bond acceptors (Lipinski definition) is 3. The van der Waals surface area contributed by atoms with Crippen LogP contribution in [-0.2, 0) is 11.2 Å². The summed E-state index contributed by atoms with van der Waals surface area (Å²) in [6, 6.07) is 4.04. The molecule has 1 aromatic heterocycles. The van der Waals surface area contributed by atoms with E-state index in [2.05, 4.69) is 22.2 Å². The van der Waals surface area contributed by atoms with Gasteiger partial charge in [-0.2, -0.15) is 0 Å². The predicted molar refractivity (Wildman–Crippen MR) is 75.8 cm³/mol. The van der Waals surface area contributed by atoms with Crippen molar-refractivity contribution in [1.29, 1.82) is 0 Å². The molecule has 19 heavy (non-hydrogen) atoms. The van der Waals surface area contributed by atoms with Crippen LogP contribution < -0.4 is 5.32 Å². The third-order valence-corrected chi connectivity index (χ3v) is 3.79. The molecular weight excluding hydrogens is 238 g/mol. The Morgan fingerprint density at radius 3 is 2.95 bits per heavy atom. The maximum Gasteiger partial charge on any atom is 0.237 e. The number of hydrogen-bond donors (Lipinski definition) is 1. The van der Waals surface area contributed by atoms with Gasteiger partial charge in [0.25, 0.3) is 0 Å². The molecule has 0 saturated carbocycles. The number of nitrogens with one attached hydrogen (secondary N) is 1. The lowest BCUT2D eigenvalue weighted by Gasteiger charge is -2.24. The Bertz CT molecular complexity index is 394. The minimum absolute atomic E-state index is 0.0555. The van der Waals surface area contributed by atoms with Gasteiger partial charge in [0.2, 0.25) is 5.91 Å². The molecule has 0 aromatic carbocycles. The van der Waals surface area contributed by atoms with Crippen LogP contribution in [0.2, 0.25) is 0 Å². The third kappa shape index (κ3) is 4.31. The van der Waals surface area contributed by atoms with Crippen LogP contribution in [0.4, 0.5) is 0 Å². The van der Waals surface area contributed by atoms with E-state index in [4.69, 9.17) is 0 Å². The fourth-order valence-electron chi connectivity index (χ4n) is 2.58. The zero-order valence-corrected chi connectivity index (χ0v) is 11.6. The highest BCUT2D eigenvalue weighted by Gasteiger charge is 2.23. The standard InChI is InChI=1S/C15H23N3O/c1-18-12-4-2-3-5-14(18)15(19)17-11-8-13-6-9-16-10-7-13/h6-7,9-10,14H,2-5,8,11-12H2,1H3,(H,17,19). The minimum atomic E-state index is 0.0555. The second-order valence-electron chi connectivity index (χ2n) is 5.24. The number of rotatable bonds is 4. The van der Waals surface area contributed by atoms with Gasteiger partial charge in [0, 0.05) is 18.9 Å². The summed E-state index contributed by atoms with van der Waals surface area (Å²) in [5.41, 5.74) is 1.21. The molecule has 1 saturated heterocycles. The van der Waals surface area contributed by atoms with Gasteiger partial charge in [-0.15, -0.1) is 0 Å². The fourth-order valence-corrected chi connectivity index (χ4v) is 2.58. The first-order valence-electron chi connectivity index (χ1n) is 7.14. The summed E-state index contributed by atoms with van der Waals surface area (Å²) in [6.45, 7) is 1.73. The summed E-state index contributed by atoms with van der Waals surface area (Å²) in [5.74, 6) is 0.179. The van der Waals surface area contributed by atoms with Gasteiger partial charge in [0.15, 0.2) is 0 Å². The lowest BCUT2D eigenvalue weighted by atomic mass is 10.1. The summed E-state index contributed by atoms with van der Waals surface area (Å²) in [5, 5.41) is 3.06. The van der Waals surface area contributed by atoms with Gasteiger partial charge in [0.1, 0.15) is 0 Å². The van der Waals surface area contributed by atoms with Crippen LogP contribution in [0.25, 0.3) is 0 Å². The quantitative estimate of drug-likeness (QED) is 0.895. The normalized spacial score (nSPS) is 20.8. The van der Waals surface area contributed by atoms with Crippen molar-refractivity contribution in [2.75, 3.05) is 20.1 Å². The first-order valence-corrected chi connectivity index (χ1v) is 7.14. The Labute approximate surface area is 115 Å². The highest BCUT2D eigenvalue weighted by atomic mass is 16.2. The van der Waals surface area contributed by atoms with Gasteiger partial charge >= 0.3 is 0 Å². The summed E-state index contributed by atoms with van der Waals surface area (Å²) in [7, 11) is 2.05. The summed E-state index contributed by atoms with van der Waals surface area (Å²) < 4.78 is 0. The Kier molecular flexibility index (Phi) is 5.33. The number of aromatic nitrogens is 1. The van der Waals surface area contributed by atoms with Gasteiger partial charge in [0.05, 0.1) is 6.04 Å². The average Bonchev–Trinajstić information content (AvgIpc) is 2.64. The second-order valence-corrected chi connectivity index (χ2v) is 5.24. The molecule has 1 aliphatic heterocycles. The highest BCUT2D eigenvalue weighted by Crippen LogP contribution is 2.15. The molecule has 104 valence electrons. The molecule has 1 amide bonds. The van der Waals surface area contributed by atoms with Crippen molar-refractivity contribution in [3.8, 4) is 0 Å². The Balaban J connectivity index is 1.77. The van der Waals surface area contributed by atoms with Crippen molar-refractivity contribution in [3.63, 3.8) is 0 Å². The molecule has 0 radical (unpaired) electrons. The van der Waals surface area contributed by atoms with E-state index in [0.717, 1.165) is 25.8 Å². The van der Waals surface area contributed by atoms with Crippen molar-refractivity contribution in [2.24, 2.45) is 0 Å². The summed E-state index contributed by atoms with van der Waals surface area (Å²) in [6.07, 6.45) is 9.03. The number of likely N-dealkylation sites (N-methyl/N-ethyl adjacent to an activating group) is 1. The van der Waals surface area contributed by atoms with Crippen molar-refractivity contribution in [3.05, 3.63) is 30.1 Å². The van der Waals surface area contributed by atoms with E-state index in [1.54, 1.807) is 12.4 Å². The summed E-state index contributed by atoms with van der Waals surface area (Å²) in [4.78, 5) is 18.4. The van der Waals surface area contributed by atoms with Gasteiger partial charge in [-0.1, -0.05) is 12.8 Å². The van der Waals surface area contributed by atoms with Crippen LogP contribution in [0.5, 0.6) is 0 Å². The van der Waals surface area contributed by atoms with E-state index in [0.29, 0.717) is 6.54 Å². The van der Waals surface area contributed by atoms with Gasteiger partial charge in [-0.25, -0.2) is 0 Å². The fraction of sp³-hybridized carbons (Fsp3) is 0.600. The molecule has 1 aromatic rings. The smallest absolute Gasteiger partial charge is 0.237 e. The maximum absolute atomic E-state index is 12.2. The number of carbonyl (C=O) groups is 1. The Morgan fingerprint density at radius 2 is 2.16 bits per heavy atom. The zero-order chi connectivity index (χ0) is 13.5. The van der Waals surface area contributed by atoms with Crippen LogP contribution in [-0.4, -0.2) is 42.0 Å². The third-order valence-electron chi connectivity index (χ3n) is 3.79. The largest absolute Gasteiger partial charge is 0.354 e. The molecule has 4 nitrogen and oxygen atoms in total. The van der Waals surface area contributed by atoms with Gasteiger partial charge in [-0.3, -0.25) is 14.7 Å². The molecule has 4 heteroatoms. The second kappa shape index (κ2) is 7.24. The van der Waals surface area contributed by atoms with Crippen LogP contribution in [0, 0.1) is 0 Å². The average molecular weight is 261 g/mol. The lowest BCUT2D eigenvalue weighted by molar-refractivity contribution is -0.126. The van der Waals surface area contributed by atoms with Crippen molar-refractivity contribution >= 4 is 5.91 Å². The number of pyridine rings is 1. The van der Waals surface area contributed by atoms with Crippen LogP contribution in [0.15, 0.2) is 24.5 Å². The minimum Gasteiger partial charge on any atom is -0.354 e. The Hall–Kier alpha value is -1.42. The highest BCUT2D eigenvalue weighted by molar-refractivity contribution is 5.81. The van der Waals surface area contributed by atoms with Crippen LogP contribution in [0.1, 0.15) is 31.2 Å². The molecule has 1 fully saturated rings. The van der Waals surface area contributed by atoms with Crippen LogP contribution >= 0.6 is 0 Å². The molecule has 2 heterocycles. The number of likely N-dealkylation sites (tertiary alicyclic amines) is 1. The van der Waals surface area contributed by atoms with E-state index in [9.17, 15) is 4.79 Å². The first kappa shape index (κ1) is 14.0. The molecule has 1 aliphatic rings. The van der Waals surface area contributed by atoms with E-state index >= 15 is 0 Å². The molecule has 1 atom stereocenters. The van der Waals surface area contributed by atoms with E-state index in [1.165, 1.54) is 18.4 Å². The Morgan fingerprint density at radius 1 is 1.37 bits per heavy atom. The molecule has 0 aliphatic carbocycles. The van der Waals surface area contributed by atoms with Crippen LogP contribution in [0.3, 0.4) is 0 Å². The summed E-state index contributed by atoms with van der Waals surface area (Å²) >= 11 is 0. The van der Waals surface area contributed by atoms with E-state index in [1.807, 2.05) is 12.1 Å². The molecular formula is C15H23N3O. The van der Waals surface area contributed by atoms with Gasteiger partial charge < -0.3 is 5.32 Å². The first-order chi connectivity index (χ1) is 9.27. The zero-order valence-electron chi connectivity index (χ0n) is 11.6. The van der Waals surface area contributed by atoms with Crippen molar-refractivity contribution < 1.29 is 4.79 Å². The van der Waals surface area contributed by atoms with Gasteiger partial charge in [-0.05, 0) is 50.6 Å². The molecule has 1 unspecified atom stereocenters. The predicted octanol–water partition coefficient (Wildman–Crippen LogP) is 1.61. The molecule has 0 spiro atoms. The van der Waals surface area contributed by atoms with E-state index in [-0.39, 0.29) is 11.9 Å². The number of carbonyl (C=O) groups excluding carboxylic acids is 1. The van der Waals surface area contributed by atoms with E-state index < -0.39 is 0 Å². The SMILES string of the molecule is CN1CCCCCC1C(=O)NCCc1ccncc1. The molecule has 0 bridgehead atoms. The number of nitrogens with zero attached hydrogens (tertiary/aromatic N) is 2.